The Morgan fingerprint density at radius 3 is 2.48 bits per heavy atom. The molecule has 1 aromatic carbocycles. The summed E-state index contributed by atoms with van der Waals surface area (Å²) in [5.74, 6) is 0.524. The molecule has 3 heterocycles. The van der Waals surface area contributed by atoms with Gasteiger partial charge in [-0.1, -0.05) is 30.3 Å². The van der Waals surface area contributed by atoms with Gasteiger partial charge in [0.05, 0.1) is 24.9 Å². The van der Waals surface area contributed by atoms with E-state index in [9.17, 15) is 14.7 Å². The van der Waals surface area contributed by atoms with Gasteiger partial charge in [0.15, 0.2) is 11.2 Å². The molecule has 1 unspecified atom stereocenters. The van der Waals surface area contributed by atoms with Gasteiger partial charge in [-0.05, 0) is 5.56 Å². The van der Waals surface area contributed by atoms with E-state index in [0.717, 1.165) is 15.8 Å². The lowest BCUT2D eigenvalue weighted by Crippen LogP contribution is -2.42. The van der Waals surface area contributed by atoms with Crippen molar-refractivity contribution in [3.63, 3.8) is 0 Å². The van der Waals surface area contributed by atoms with Crippen molar-refractivity contribution in [2.24, 2.45) is 14.1 Å². The Morgan fingerprint density at radius 1 is 1.11 bits per heavy atom. The van der Waals surface area contributed by atoms with Gasteiger partial charge in [-0.25, -0.2) is 4.79 Å². The molecule has 0 aliphatic carbocycles. The number of fused-ring (bicyclic) bond motifs is 3. The van der Waals surface area contributed by atoms with Gasteiger partial charge in [0.1, 0.15) is 0 Å². The number of benzene rings is 1. The van der Waals surface area contributed by atoms with Gasteiger partial charge in [0, 0.05) is 20.3 Å². The third-order valence-corrected chi connectivity index (χ3v) is 4.74. The molecule has 140 valence electrons. The van der Waals surface area contributed by atoms with Crippen molar-refractivity contribution in [3.8, 4) is 11.3 Å². The minimum Gasteiger partial charge on any atom is -0.394 e. The van der Waals surface area contributed by atoms with Crippen molar-refractivity contribution >= 4 is 16.9 Å². The van der Waals surface area contributed by atoms with E-state index < -0.39 is 24.0 Å². The molecule has 27 heavy (non-hydrogen) atoms. The first kappa shape index (κ1) is 17.3. The standard InChI is InChI=1S/C18H19N5O4/c1-20-13(11-6-4-3-5-7-11)9-22-14-15(19-17(20)22)21(2)18(27)23(16(14)26)8-12(25)10-24/h3-7,9,12,24-25H,8,10H2,1-2H3. The Morgan fingerprint density at radius 2 is 1.81 bits per heavy atom. The molecule has 1 atom stereocenters. The average molecular weight is 369 g/mol. The Hall–Kier alpha value is -3.17. The smallest absolute Gasteiger partial charge is 0.332 e. The Balaban J connectivity index is 2.05. The molecule has 0 aliphatic heterocycles. The van der Waals surface area contributed by atoms with Crippen LogP contribution in [0.25, 0.3) is 28.2 Å². The van der Waals surface area contributed by atoms with Gasteiger partial charge >= 0.3 is 5.69 Å². The SMILES string of the molecule is Cn1c(-c2ccccc2)cn2c3c(=O)n(CC(O)CO)c(=O)n(C)c3nc12. The van der Waals surface area contributed by atoms with Crippen molar-refractivity contribution in [2.75, 3.05) is 6.61 Å². The van der Waals surface area contributed by atoms with Gasteiger partial charge in [0.25, 0.3) is 5.56 Å². The zero-order chi connectivity index (χ0) is 19.3. The summed E-state index contributed by atoms with van der Waals surface area (Å²) in [6, 6.07) is 9.70. The maximum Gasteiger partial charge on any atom is 0.332 e. The summed E-state index contributed by atoms with van der Waals surface area (Å²) in [5, 5.41) is 18.8. The van der Waals surface area contributed by atoms with E-state index >= 15 is 0 Å². The fourth-order valence-corrected chi connectivity index (χ4v) is 3.31. The lowest BCUT2D eigenvalue weighted by molar-refractivity contribution is 0.0791. The minimum atomic E-state index is -1.20. The number of aryl methyl sites for hydroxylation is 2. The molecule has 4 rings (SSSR count). The number of rotatable bonds is 4. The maximum absolute atomic E-state index is 13.0. The van der Waals surface area contributed by atoms with Gasteiger partial charge < -0.3 is 14.8 Å². The second-order valence-corrected chi connectivity index (χ2v) is 6.49. The normalized spacial score (nSPS) is 12.9. The lowest BCUT2D eigenvalue weighted by atomic mass is 10.2. The van der Waals surface area contributed by atoms with Crippen molar-refractivity contribution in [3.05, 3.63) is 57.4 Å². The van der Waals surface area contributed by atoms with Crippen LogP contribution in [0.4, 0.5) is 0 Å². The molecule has 0 radical (unpaired) electrons. The van der Waals surface area contributed by atoms with Crippen molar-refractivity contribution in [1.29, 1.82) is 0 Å². The summed E-state index contributed by atoms with van der Waals surface area (Å²) in [6.07, 6.45) is 0.602. The summed E-state index contributed by atoms with van der Waals surface area (Å²) in [6.45, 7) is -0.831. The van der Waals surface area contributed by atoms with Crippen LogP contribution >= 0.6 is 0 Å². The van der Waals surface area contributed by atoms with E-state index in [0.29, 0.717) is 5.78 Å². The Bertz CT molecular complexity index is 1260. The van der Waals surface area contributed by atoms with E-state index in [1.165, 1.54) is 11.6 Å². The number of imidazole rings is 2. The fraction of sp³-hybridized carbons (Fsp3) is 0.278. The predicted molar refractivity (Wildman–Crippen MR) is 99.7 cm³/mol. The molecule has 4 aromatic rings. The molecular formula is C18H19N5O4. The van der Waals surface area contributed by atoms with E-state index in [4.69, 9.17) is 5.11 Å². The molecule has 9 heteroatoms. The van der Waals surface area contributed by atoms with E-state index in [-0.39, 0.29) is 17.7 Å². The molecule has 0 bridgehead atoms. The number of aliphatic hydroxyl groups excluding tert-OH is 2. The third-order valence-electron chi connectivity index (χ3n) is 4.74. The maximum atomic E-state index is 13.0. The molecule has 0 spiro atoms. The van der Waals surface area contributed by atoms with Crippen molar-refractivity contribution < 1.29 is 10.2 Å². The van der Waals surface area contributed by atoms with E-state index in [2.05, 4.69) is 4.98 Å². The second kappa shape index (κ2) is 6.22. The largest absolute Gasteiger partial charge is 0.394 e. The van der Waals surface area contributed by atoms with Crippen LogP contribution in [0.2, 0.25) is 0 Å². The van der Waals surface area contributed by atoms with Gasteiger partial charge in [-0.2, -0.15) is 4.98 Å². The zero-order valence-electron chi connectivity index (χ0n) is 14.9. The highest BCUT2D eigenvalue weighted by molar-refractivity contribution is 5.78. The highest BCUT2D eigenvalue weighted by Crippen LogP contribution is 2.23. The van der Waals surface area contributed by atoms with Crippen molar-refractivity contribution in [2.45, 2.75) is 12.6 Å². The fourth-order valence-electron chi connectivity index (χ4n) is 3.31. The van der Waals surface area contributed by atoms with E-state index in [1.54, 1.807) is 10.6 Å². The molecule has 0 fully saturated rings. The summed E-state index contributed by atoms with van der Waals surface area (Å²) in [4.78, 5) is 30.0. The quantitative estimate of drug-likeness (QED) is 0.514. The topological polar surface area (TPSA) is 107 Å². The summed E-state index contributed by atoms with van der Waals surface area (Å²) in [5.41, 5.74) is 1.21. The van der Waals surface area contributed by atoms with Crippen LogP contribution in [-0.4, -0.2) is 46.0 Å². The summed E-state index contributed by atoms with van der Waals surface area (Å²) < 4.78 is 5.70. The predicted octanol–water partition coefficient (Wildman–Crippen LogP) is -0.293. The molecule has 9 nitrogen and oxygen atoms in total. The first-order valence-corrected chi connectivity index (χ1v) is 8.45. The molecule has 0 amide bonds. The van der Waals surface area contributed by atoms with Crippen molar-refractivity contribution in [1.82, 2.24) is 23.1 Å². The van der Waals surface area contributed by atoms with Crippen LogP contribution in [-0.2, 0) is 20.6 Å². The number of nitrogens with zero attached hydrogens (tertiary/aromatic N) is 5. The zero-order valence-corrected chi connectivity index (χ0v) is 14.9. The van der Waals surface area contributed by atoms with Crippen LogP contribution in [0.5, 0.6) is 0 Å². The number of hydrogen-bond acceptors (Lipinski definition) is 5. The van der Waals surface area contributed by atoms with Gasteiger partial charge in [0.2, 0.25) is 5.78 Å². The van der Waals surface area contributed by atoms with Crippen LogP contribution in [0.3, 0.4) is 0 Å². The molecule has 0 aliphatic rings. The van der Waals surface area contributed by atoms with Crippen LogP contribution < -0.4 is 11.2 Å². The molecule has 0 saturated heterocycles. The van der Waals surface area contributed by atoms with Crippen LogP contribution in [0, 0.1) is 0 Å². The molecule has 2 N–H and O–H groups in total. The lowest BCUT2D eigenvalue weighted by Gasteiger charge is -2.11. The first-order valence-electron chi connectivity index (χ1n) is 8.45. The van der Waals surface area contributed by atoms with E-state index in [1.807, 2.05) is 41.9 Å². The highest BCUT2D eigenvalue weighted by atomic mass is 16.3. The van der Waals surface area contributed by atoms with Crippen LogP contribution in [0.1, 0.15) is 0 Å². The second-order valence-electron chi connectivity index (χ2n) is 6.49. The third kappa shape index (κ3) is 2.51. The number of aromatic nitrogens is 5. The Kier molecular flexibility index (Phi) is 3.97. The molecular weight excluding hydrogens is 350 g/mol. The van der Waals surface area contributed by atoms with Gasteiger partial charge in [-0.15, -0.1) is 0 Å². The summed E-state index contributed by atoms with van der Waals surface area (Å²) >= 11 is 0. The Labute approximate surface area is 153 Å². The highest BCUT2D eigenvalue weighted by Gasteiger charge is 2.21. The molecule has 0 saturated carbocycles. The summed E-state index contributed by atoms with van der Waals surface area (Å²) in [7, 11) is 3.37. The van der Waals surface area contributed by atoms with Gasteiger partial charge in [-0.3, -0.25) is 18.3 Å². The average Bonchev–Trinajstić information content (AvgIpc) is 3.21. The molecule has 3 aromatic heterocycles. The minimum absolute atomic E-state index is 0.245. The monoisotopic (exact) mass is 369 g/mol. The first-order chi connectivity index (χ1) is 12.9. The van der Waals surface area contributed by atoms with Crippen LogP contribution in [0.15, 0.2) is 46.1 Å². The number of hydrogen-bond donors (Lipinski definition) is 2. The number of aliphatic hydroxyl groups is 2.